The van der Waals surface area contributed by atoms with Crippen LogP contribution >= 0.6 is 22.7 Å². The number of carbonyl (C=O) groups excluding carboxylic acids is 1. The van der Waals surface area contributed by atoms with E-state index in [1.807, 2.05) is 30.3 Å². The Morgan fingerprint density at radius 2 is 2.10 bits per heavy atom. The van der Waals surface area contributed by atoms with Crippen LogP contribution in [0.25, 0.3) is 10.4 Å². The van der Waals surface area contributed by atoms with Crippen molar-refractivity contribution >= 4 is 39.5 Å². The van der Waals surface area contributed by atoms with Gasteiger partial charge in [0.05, 0.1) is 5.56 Å². The van der Waals surface area contributed by atoms with Crippen molar-refractivity contribution in [1.82, 2.24) is 15.2 Å². The second-order valence-electron chi connectivity index (χ2n) is 5.96. The minimum atomic E-state index is -0.277. The fourth-order valence-electron chi connectivity index (χ4n) is 2.61. The zero-order valence-electron chi connectivity index (χ0n) is 15.0. The average molecular weight is 419 g/mol. The van der Waals surface area contributed by atoms with Gasteiger partial charge in [-0.2, -0.15) is 5.26 Å². The predicted molar refractivity (Wildman–Crippen MR) is 114 cm³/mol. The lowest BCUT2D eigenvalue weighted by molar-refractivity contribution is 0.102. The summed E-state index contributed by atoms with van der Waals surface area (Å²) in [6, 6.07) is 17.6. The first-order valence-electron chi connectivity index (χ1n) is 8.58. The molecule has 3 aromatic heterocycles. The van der Waals surface area contributed by atoms with Crippen LogP contribution in [0, 0.1) is 11.3 Å². The van der Waals surface area contributed by atoms with Crippen LogP contribution in [0.3, 0.4) is 0 Å². The predicted octanol–water partition coefficient (Wildman–Crippen LogP) is 4.40. The minimum absolute atomic E-state index is 0.277. The monoisotopic (exact) mass is 418 g/mol. The summed E-state index contributed by atoms with van der Waals surface area (Å²) in [6.45, 7) is 0.591. The molecule has 1 aromatic carbocycles. The zero-order valence-corrected chi connectivity index (χ0v) is 16.6. The third-order valence-corrected chi connectivity index (χ3v) is 5.65. The number of carbonyl (C=O) groups is 1. The molecule has 2 N–H and O–H groups in total. The van der Waals surface area contributed by atoms with E-state index in [-0.39, 0.29) is 5.91 Å². The van der Waals surface area contributed by atoms with Crippen molar-refractivity contribution in [2.75, 3.05) is 10.6 Å². The Hall–Kier alpha value is -3.61. The van der Waals surface area contributed by atoms with Gasteiger partial charge in [-0.25, -0.2) is 4.98 Å². The normalized spacial score (nSPS) is 10.3. The van der Waals surface area contributed by atoms with Crippen LogP contribution in [0.4, 0.5) is 10.9 Å². The first kappa shape index (κ1) is 18.7. The number of pyridine rings is 1. The summed E-state index contributed by atoms with van der Waals surface area (Å²) >= 11 is 2.73. The molecule has 4 rings (SSSR count). The van der Waals surface area contributed by atoms with Crippen molar-refractivity contribution < 1.29 is 4.79 Å². The Labute approximate surface area is 174 Å². The van der Waals surface area contributed by atoms with Gasteiger partial charge in [0.2, 0.25) is 5.13 Å². The van der Waals surface area contributed by atoms with Crippen molar-refractivity contribution in [3.8, 4) is 16.5 Å². The van der Waals surface area contributed by atoms with Gasteiger partial charge in [-0.3, -0.25) is 10.1 Å². The molecular weight excluding hydrogens is 404 g/mol. The van der Waals surface area contributed by atoms with E-state index in [0.717, 1.165) is 16.0 Å². The number of nitriles is 1. The summed E-state index contributed by atoms with van der Waals surface area (Å²) in [7, 11) is 0. The summed E-state index contributed by atoms with van der Waals surface area (Å²) in [6.07, 6.45) is 1.52. The van der Waals surface area contributed by atoms with Gasteiger partial charge in [0.25, 0.3) is 5.91 Å². The summed E-state index contributed by atoms with van der Waals surface area (Å²) in [5, 5.41) is 22.8. The van der Waals surface area contributed by atoms with Crippen LogP contribution in [0.5, 0.6) is 0 Å². The van der Waals surface area contributed by atoms with Gasteiger partial charge in [-0.05, 0) is 41.5 Å². The van der Waals surface area contributed by atoms with Gasteiger partial charge in [0, 0.05) is 17.6 Å². The van der Waals surface area contributed by atoms with E-state index in [9.17, 15) is 4.79 Å². The number of hydrogen-bond acceptors (Lipinski definition) is 8. The summed E-state index contributed by atoms with van der Waals surface area (Å²) in [4.78, 5) is 18.2. The quantitative estimate of drug-likeness (QED) is 0.481. The molecule has 0 saturated carbocycles. The molecule has 0 saturated heterocycles. The summed E-state index contributed by atoms with van der Waals surface area (Å²) in [5.41, 5.74) is 4.16. The SMILES string of the molecule is N#Cc1ccc(-c2cccc(CNc3ccc(C(=O)Nc4nncs4)cn3)c2)s1. The van der Waals surface area contributed by atoms with E-state index >= 15 is 0 Å². The van der Waals surface area contributed by atoms with Crippen LogP contribution < -0.4 is 10.6 Å². The smallest absolute Gasteiger partial charge is 0.259 e. The molecule has 29 heavy (non-hydrogen) atoms. The van der Waals surface area contributed by atoms with E-state index in [2.05, 4.69) is 38.0 Å². The third kappa shape index (κ3) is 4.63. The van der Waals surface area contributed by atoms with Crippen molar-refractivity contribution in [2.45, 2.75) is 6.54 Å². The number of amides is 1. The van der Waals surface area contributed by atoms with Gasteiger partial charge in [0.1, 0.15) is 22.3 Å². The number of nitrogens with one attached hydrogen (secondary N) is 2. The van der Waals surface area contributed by atoms with Gasteiger partial charge >= 0.3 is 0 Å². The number of aromatic nitrogens is 3. The molecule has 4 aromatic rings. The van der Waals surface area contributed by atoms with Gasteiger partial charge < -0.3 is 5.32 Å². The molecule has 1 amide bonds. The molecule has 9 heteroatoms. The first-order chi connectivity index (χ1) is 14.2. The largest absolute Gasteiger partial charge is 0.366 e. The van der Waals surface area contributed by atoms with Crippen LogP contribution in [-0.2, 0) is 6.54 Å². The highest BCUT2D eigenvalue weighted by molar-refractivity contribution is 7.16. The van der Waals surface area contributed by atoms with Gasteiger partial charge in [-0.15, -0.1) is 21.5 Å². The topological polar surface area (TPSA) is 104 Å². The number of rotatable bonds is 6. The van der Waals surface area contributed by atoms with Crippen molar-refractivity contribution in [1.29, 1.82) is 5.26 Å². The molecule has 0 atom stereocenters. The number of anilines is 2. The Morgan fingerprint density at radius 3 is 2.83 bits per heavy atom. The summed E-state index contributed by atoms with van der Waals surface area (Å²) in [5.74, 6) is 0.395. The van der Waals surface area contributed by atoms with Crippen molar-refractivity contribution in [3.63, 3.8) is 0 Å². The Kier molecular flexibility index (Phi) is 5.56. The average Bonchev–Trinajstić information content (AvgIpc) is 3.45. The standard InChI is InChI=1S/C20H14N6OS2/c21-9-16-5-6-17(29-16)14-3-1-2-13(8-14)10-22-18-7-4-15(11-23-18)19(27)25-20-26-24-12-28-20/h1-8,11-12H,10H2,(H,22,23)(H,25,26,27). The Morgan fingerprint density at radius 1 is 1.17 bits per heavy atom. The maximum Gasteiger partial charge on any atom is 0.259 e. The molecule has 0 unspecified atom stereocenters. The van der Waals surface area contributed by atoms with Gasteiger partial charge in [0.15, 0.2) is 0 Å². The second-order valence-corrected chi connectivity index (χ2v) is 7.88. The highest BCUT2D eigenvalue weighted by Gasteiger charge is 2.09. The van der Waals surface area contributed by atoms with Crippen molar-refractivity contribution in [3.05, 3.63) is 76.2 Å². The molecule has 7 nitrogen and oxygen atoms in total. The molecule has 0 aliphatic rings. The van der Waals surface area contributed by atoms with E-state index in [1.54, 1.807) is 17.6 Å². The molecular formula is C20H14N6OS2. The zero-order chi connectivity index (χ0) is 20.1. The third-order valence-electron chi connectivity index (χ3n) is 4.01. The number of thiophene rings is 1. The second kappa shape index (κ2) is 8.60. The fraction of sp³-hybridized carbons (Fsp3) is 0.0500. The van der Waals surface area contributed by atoms with E-state index in [1.165, 1.54) is 28.9 Å². The molecule has 0 fully saturated rings. The lowest BCUT2D eigenvalue weighted by atomic mass is 10.1. The Balaban J connectivity index is 1.38. The van der Waals surface area contributed by atoms with E-state index in [4.69, 9.17) is 5.26 Å². The van der Waals surface area contributed by atoms with Crippen LogP contribution in [0.2, 0.25) is 0 Å². The maximum atomic E-state index is 12.1. The van der Waals surface area contributed by atoms with Crippen LogP contribution in [0.15, 0.2) is 60.2 Å². The summed E-state index contributed by atoms with van der Waals surface area (Å²) < 4.78 is 0. The number of benzene rings is 1. The molecule has 0 bridgehead atoms. The molecule has 0 radical (unpaired) electrons. The first-order valence-corrected chi connectivity index (χ1v) is 10.3. The highest BCUT2D eigenvalue weighted by Crippen LogP contribution is 2.28. The Bertz CT molecular complexity index is 1160. The van der Waals surface area contributed by atoms with Crippen molar-refractivity contribution in [2.24, 2.45) is 0 Å². The van der Waals surface area contributed by atoms with E-state index < -0.39 is 0 Å². The molecule has 3 heterocycles. The van der Waals surface area contributed by atoms with Crippen LogP contribution in [0.1, 0.15) is 20.8 Å². The van der Waals surface area contributed by atoms with Crippen LogP contribution in [-0.4, -0.2) is 21.1 Å². The number of nitrogens with zero attached hydrogens (tertiary/aromatic N) is 4. The lowest BCUT2D eigenvalue weighted by Gasteiger charge is -2.08. The number of hydrogen-bond donors (Lipinski definition) is 2. The molecule has 0 aliphatic heterocycles. The molecule has 142 valence electrons. The lowest BCUT2D eigenvalue weighted by Crippen LogP contribution is -2.12. The maximum absolute atomic E-state index is 12.1. The van der Waals surface area contributed by atoms with Gasteiger partial charge in [-0.1, -0.05) is 29.5 Å². The molecule has 0 aliphatic carbocycles. The fourth-order valence-corrected chi connectivity index (χ4v) is 3.85. The van der Waals surface area contributed by atoms with E-state index in [0.29, 0.717) is 27.9 Å². The molecule has 0 spiro atoms. The highest BCUT2D eigenvalue weighted by atomic mass is 32.1. The minimum Gasteiger partial charge on any atom is -0.366 e.